The first-order valence-electron chi connectivity index (χ1n) is 8.99. The maximum Gasteiger partial charge on any atom is 0.0819 e. The molecule has 0 radical (unpaired) electrons. The van der Waals surface area contributed by atoms with Gasteiger partial charge in [-0.25, -0.2) is 0 Å². The standard InChI is InChI=1S/C19H29ClN2O/c1-21-11-2-3-18(21)10-14-22-12-8-16(9-13-22)19(23)15-4-6-17(20)7-5-15/h4-7,16,18-19,23H,2-3,8-14H2,1H3. The van der Waals surface area contributed by atoms with Gasteiger partial charge in [0.2, 0.25) is 0 Å². The number of rotatable bonds is 5. The van der Waals surface area contributed by atoms with Crippen LogP contribution in [0.1, 0.15) is 43.8 Å². The van der Waals surface area contributed by atoms with Crippen LogP contribution in [-0.4, -0.2) is 54.2 Å². The molecular formula is C19H29ClN2O. The normalized spacial score (nSPS) is 25.8. The Bertz CT molecular complexity index is 485. The first-order valence-corrected chi connectivity index (χ1v) is 9.37. The van der Waals surface area contributed by atoms with E-state index >= 15 is 0 Å². The van der Waals surface area contributed by atoms with E-state index in [0.29, 0.717) is 5.92 Å². The van der Waals surface area contributed by atoms with Crippen molar-refractivity contribution in [3.05, 3.63) is 34.9 Å². The molecule has 3 nitrogen and oxygen atoms in total. The van der Waals surface area contributed by atoms with Gasteiger partial charge in [0.25, 0.3) is 0 Å². The first-order chi connectivity index (χ1) is 11.1. The second kappa shape index (κ2) is 7.98. The summed E-state index contributed by atoms with van der Waals surface area (Å²) in [5.74, 6) is 0.376. The highest BCUT2D eigenvalue weighted by atomic mass is 35.5. The van der Waals surface area contributed by atoms with Crippen molar-refractivity contribution < 1.29 is 5.11 Å². The molecule has 23 heavy (non-hydrogen) atoms. The third-order valence-electron chi connectivity index (χ3n) is 5.74. The van der Waals surface area contributed by atoms with Crippen LogP contribution < -0.4 is 0 Å². The van der Waals surface area contributed by atoms with Gasteiger partial charge in [0.05, 0.1) is 6.10 Å². The molecule has 2 aliphatic heterocycles. The highest BCUT2D eigenvalue weighted by Gasteiger charge is 2.27. The zero-order valence-corrected chi connectivity index (χ0v) is 14.9. The van der Waals surface area contributed by atoms with Crippen LogP contribution >= 0.6 is 11.6 Å². The van der Waals surface area contributed by atoms with Gasteiger partial charge in [-0.1, -0.05) is 23.7 Å². The Hall–Kier alpha value is -0.610. The molecule has 2 saturated heterocycles. The van der Waals surface area contributed by atoms with Gasteiger partial charge in [0.15, 0.2) is 0 Å². The Kier molecular flexibility index (Phi) is 5.97. The molecule has 3 rings (SSSR count). The minimum absolute atomic E-state index is 0.351. The lowest BCUT2D eigenvalue weighted by Gasteiger charge is -2.35. The van der Waals surface area contributed by atoms with Crippen LogP contribution in [0.3, 0.4) is 0 Å². The molecule has 2 unspecified atom stereocenters. The molecular weight excluding hydrogens is 308 g/mol. The topological polar surface area (TPSA) is 26.7 Å². The number of piperidine rings is 1. The van der Waals surface area contributed by atoms with Crippen molar-refractivity contribution >= 4 is 11.6 Å². The van der Waals surface area contributed by atoms with Crippen LogP contribution in [0.15, 0.2) is 24.3 Å². The third kappa shape index (κ3) is 4.48. The highest BCUT2D eigenvalue weighted by Crippen LogP contribution is 2.31. The fourth-order valence-corrected chi connectivity index (χ4v) is 4.23. The molecule has 128 valence electrons. The molecule has 0 spiro atoms. The maximum absolute atomic E-state index is 10.6. The molecule has 2 aliphatic rings. The predicted molar refractivity (Wildman–Crippen MR) is 95.8 cm³/mol. The highest BCUT2D eigenvalue weighted by molar-refractivity contribution is 6.30. The van der Waals surface area contributed by atoms with Crippen molar-refractivity contribution in [3.8, 4) is 0 Å². The Morgan fingerprint density at radius 3 is 2.43 bits per heavy atom. The lowest BCUT2D eigenvalue weighted by Crippen LogP contribution is -2.38. The van der Waals surface area contributed by atoms with Crippen molar-refractivity contribution in [3.63, 3.8) is 0 Å². The number of hydrogen-bond donors (Lipinski definition) is 1. The second-order valence-electron chi connectivity index (χ2n) is 7.24. The molecule has 0 aliphatic carbocycles. The molecule has 1 N–H and O–H groups in total. The summed E-state index contributed by atoms with van der Waals surface area (Å²) in [7, 11) is 2.26. The maximum atomic E-state index is 10.6. The van der Waals surface area contributed by atoms with Crippen LogP contribution in [0.25, 0.3) is 0 Å². The van der Waals surface area contributed by atoms with E-state index in [4.69, 9.17) is 11.6 Å². The van der Waals surface area contributed by atoms with Crippen molar-refractivity contribution in [2.24, 2.45) is 5.92 Å². The zero-order valence-electron chi connectivity index (χ0n) is 14.1. The van der Waals surface area contributed by atoms with Crippen molar-refractivity contribution in [1.29, 1.82) is 0 Å². The van der Waals surface area contributed by atoms with Gasteiger partial charge in [0, 0.05) is 11.1 Å². The number of hydrogen-bond acceptors (Lipinski definition) is 3. The largest absolute Gasteiger partial charge is 0.388 e. The summed E-state index contributed by atoms with van der Waals surface area (Å²) < 4.78 is 0. The summed E-state index contributed by atoms with van der Waals surface area (Å²) in [5, 5.41) is 11.3. The Balaban J connectivity index is 1.43. The summed E-state index contributed by atoms with van der Waals surface area (Å²) in [6.45, 7) is 4.70. The molecule has 2 heterocycles. The average molecular weight is 337 g/mol. The monoisotopic (exact) mass is 336 g/mol. The summed E-state index contributed by atoms with van der Waals surface area (Å²) in [6, 6.07) is 8.43. The van der Waals surface area contributed by atoms with Crippen LogP contribution in [0.5, 0.6) is 0 Å². The van der Waals surface area contributed by atoms with Gasteiger partial charge in [-0.15, -0.1) is 0 Å². The lowest BCUT2D eigenvalue weighted by molar-refractivity contribution is 0.0568. The average Bonchev–Trinajstić information content (AvgIpc) is 2.99. The second-order valence-corrected chi connectivity index (χ2v) is 7.68. The van der Waals surface area contributed by atoms with Gasteiger partial charge in [-0.2, -0.15) is 0 Å². The zero-order chi connectivity index (χ0) is 16.2. The van der Waals surface area contributed by atoms with Crippen LogP contribution in [-0.2, 0) is 0 Å². The van der Waals surface area contributed by atoms with E-state index in [-0.39, 0.29) is 6.10 Å². The lowest BCUT2D eigenvalue weighted by atomic mass is 9.87. The minimum atomic E-state index is -0.351. The Morgan fingerprint density at radius 2 is 1.83 bits per heavy atom. The van der Waals surface area contributed by atoms with E-state index in [2.05, 4.69) is 16.8 Å². The quantitative estimate of drug-likeness (QED) is 0.890. The van der Waals surface area contributed by atoms with Crippen LogP contribution in [0.2, 0.25) is 5.02 Å². The number of aliphatic hydroxyl groups excluding tert-OH is 1. The van der Waals surface area contributed by atoms with Gasteiger partial charge < -0.3 is 14.9 Å². The fraction of sp³-hybridized carbons (Fsp3) is 0.684. The van der Waals surface area contributed by atoms with Gasteiger partial charge in [-0.3, -0.25) is 0 Å². The molecule has 1 aromatic rings. The van der Waals surface area contributed by atoms with Crippen molar-refractivity contribution in [1.82, 2.24) is 9.80 Å². The molecule has 0 aromatic heterocycles. The molecule has 4 heteroatoms. The number of aliphatic hydroxyl groups is 1. The van der Waals surface area contributed by atoms with E-state index in [1.165, 1.54) is 32.4 Å². The van der Waals surface area contributed by atoms with E-state index < -0.39 is 0 Å². The van der Waals surface area contributed by atoms with Gasteiger partial charge >= 0.3 is 0 Å². The van der Waals surface area contributed by atoms with E-state index in [1.54, 1.807) is 0 Å². The van der Waals surface area contributed by atoms with Crippen molar-refractivity contribution in [2.75, 3.05) is 33.2 Å². The van der Waals surface area contributed by atoms with E-state index in [0.717, 1.165) is 42.6 Å². The predicted octanol–water partition coefficient (Wildman–Crippen LogP) is 3.57. The number of nitrogens with zero attached hydrogens (tertiary/aromatic N) is 2. The number of halogens is 1. The molecule has 1 aromatic carbocycles. The molecule has 0 saturated carbocycles. The smallest absolute Gasteiger partial charge is 0.0819 e. The summed E-state index contributed by atoms with van der Waals surface area (Å²) in [5.41, 5.74) is 1.00. The summed E-state index contributed by atoms with van der Waals surface area (Å²) in [4.78, 5) is 5.09. The van der Waals surface area contributed by atoms with Crippen molar-refractivity contribution in [2.45, 2.75) is 44.2 Å². The molecule has 2 atom stereocenters. The van der Waals surface area contributed by atoms with Crippen LogP contribution in [0.4, 0.5) is 0 Å². The Labute approximate surface area is 145 Å². The van der Waals surface area contributed by atoms with E-state index in [9.17, 15) is 5.11 Å². The molecule has 0 bridgehead atoms. The summed E-state index contributed by atoms with van der Waals surface area (Å²) >= 11 is 5.93. The minimum Gasteiger partial charge on any atom is -0.388 e. The fourth-order valence-electron chi connectivity index (χ4n) is 4.10. The van der Waals surface area contributed by atoms with Crippen LogP contribution in [0, 0.1) is 5.92 Å². The third-order valence-corrected chi connectivity index (χ3v) is 5.99. The molecule has 0 amide bonds. The van der Waals surface area contributed by atoms with E-state index in [1.807, 2.05) is 24.3 Å². The number of benzene rings is 1. The molecule has 2 fully saturated rings. The summed E-state index contributed by atoms with van der Waals surface area (Å²) in [6.07, 6.45) is 5.84. The SMILES string of the molecule is CN1CCCC1CCN1CCC(C(O)c2ccc(Cl)cc2)CC1. The Morgan fingerprint density at radius 1 is 1.13 bits per heavy atom. The van der Waals surface area contributed by atoms with Gasteiger partial charge in [-0.05, 0) is 88.9 Å². The van der Waals surface area contributed by atoms with Gasteiger partial charge in [0.1, 0.15) is 0 Å². The first kappa shape index (κ1) is 17.2. The number of likely N-dealkylation sites (tertiary alicyclic amines) is 2.